The molecule has 298 valence electrons. The number of carbonyl (C=O) groups excluding carboxylic acids is 4. The average molecular weight is 790 g/mol. The number of rotatable bonds is 7. The highest BCUT2D eigenvalue weighted by Crippen LogP contribution is 2.46. The highest BCUT2D eigenvalue weighted by Gasteiger charge is 2.62. The summed E-state index contributed by atoms with van der Waals surface area (Å²) in [5.41, 5.74) is -1.54. The number of nitrogens with zero attached hydrogens (tertiary/aromatic N) is 4. The van der Waals surface area contributed by atoms with Crippen LogP contribution in [0.4, 0.5) is 4.79 Å². The number of carbonyl (C=O) groups is 4. The molecule has 4 bridgehead atoms. The van der Waals surface area contributed by atoms with Gasteiger partial charge in [-0.05, 0) is 61.6 Å². The lowest BCUT2D eigenvalue weighted by Gasteiger charge is -2.35. The third-order valence-corrected chi connectivity index (χ3v) is 12.8. The molecule has 2 aromatic heterocycles. The number of fused-ring (bicyclic) bond motifs is 13. The van der Waals surface area contributed by atoms with E-state index in [-0.39, 0.29) is 43.9 Å². The number of nitrogens with one attached hydrogen (secondary N) is 3. The summed E-state index contributed by atoms with van der Waals surface area (Å²) in [7, 11) is -3.94. The Bertz CT molecular complexity index is 2250. The molecule has 5 atom stereocenters. The molecule has 0 radical (unpaired) electrons. The van der Waals surface area contributed by atoms with E-state index in [4.69, 9.17) is 9.47 Å². The molecule has 16 nitrogen and oxygen atoms in total. The Morgan fingerprint density at radius 3 is 2.52 bits per heavy atom. The van der Waals surface area contributed by atoms with E-state index in [0.29, 0.717) is 43.2 Å². The van der Waals surface area contributed by atoms with Crippen LogP contribution in [0.3, 0.4) is 0 Å². The van der Waals surface area contributed by atoms with Gasteiger partial charge in [0.1, 0.15) is 17.6 Å². The molecule has 3 N–H and O–H groups in total. The SMILES string of the molecule is C=CC1CC1(NC(=O)[C@@H]1C[C@@H]2CN1C(=O)[C@H](C(C)(C)C)NC(=O)OCCCCCOc1cnn2c(=O)c1-c1ccc2cccnc2c1)C(=O)NS(=O)(=O)C1CC1. The quantitative estimate of drug-likeness (QED) is 0.297. The predicted octanol–water partition coefficient (Wildman–Crippen LogP) is 2.97. The minimum absolute atomic E-state index is 0.0890. The largest absolute Gasteiger partial charge is 0.491 e. The van der Waals surface area contributed by atoms with Gasteiger partial charge >= 0.3 is 6.09 Å². The van der Waals surface area contributed by atoms with Crippen molar-refractivity contribution in [3.8, 4) is 16.9 Å². The summed E-state index contributed by atoms with van der Waals surface area (Å²) in [4.78, 5) is 76.0. The van der Waals surface area contributed by atoms with Gasteiger partial charge in [-0.1, -0.05) is 45.0 Å². The normalized spacial score (nSPS) is 25.9. The third-order valence-electron chi connectivity index (χ3n) is 11.0. The smallest absolute Gasteiger partial charge is 0.407 e. The fourth-order valence-electron chi connectivity index (χ4n) is 7.51. The van der Waals surface area contributed by atoms with E-state index >= 15 is 0 Å². The Hall–Kier alpha value is -5.32. The van der Waals surface area contributed by atoms with Crippen LogP contribution in [0, 0.1) is 11.3 Å². The number of benzene rings is 1. The van der Waals surface area contributed by atoms with Crippen LogP contribution < -0.4 is 25.7 Å². The molecule has 56 heavy (non-hydrogen) atoms. The first-order valence-electron chi connectivity index (χ1n) is 19.0. The molecule has 2 aliphatic carbocycles. The Kier molecular flexibility index (Phi) is 10.4. The van der Waals surface area contributed by atoms with Gasteiger partial charge in [-0.3, -0.25) is 28.9 Å². The summed E-state index contributed by atoms with van der Waals surface area (Å²) in [6, 6.07) is 5.93. The van der Waals surface area contributed by atoms with Crippen LogP contribution >= 0.6 is 0 Å². The van der Waals surface area contributed by atoms with Crippen molar-refractivity contribution in [1.29, 1.82) is 0 Å². The summed E-state index contributed by atoms with van der Waals surface area (Å²) in [6.07, 6.45) is 6.45. The van der Waals surface area contributed by atoms with Crippen LogP contribution in [0.5, 0.6) is 5.75 Å². The van der Waals surface area contributed by atoms with Gasteiger partial charge in [0.25, 0.3) is 11.5 Å². The Balaban J connectivity index is 1.28. The Morgan fingerprint density at radius 2 is 1.82 bits per heavy atom. The van der Waals surface area contributed by atoms with Gasteiger partial charge in [0, 0.05) is 30.5 Å². The summed E-state index contributed by atoms with van der Waals surface area (Å²) >= 11 is 0. The lowest BCUT2D eigenvalue weighted by atomic mass is 9.85. The molecule has 2 saturated carbocycles. The topological polar surface area (TPSA) is 208 Å². The van der Waals surface area contributed by atoms with Gasteiger partial charge in [0.15, 0.2) is 5.75 Å². The second kappa shape index (κ2) is 15.0. The summed E-state index contributed by atoms with van der Waals surface area (Å²) in [5.74, 6) is -2.55. The maximum atomic E-state index is 14.6. The van der Waals surface area contributed by atoms with E-state index in [1.807, 2.05) is 18.2 Å². The van der Waals surface area contributed by atoms with Crippen molar-refractivity contribution < 1.29 is 37.1 Å². The molecule has 5 aliphatic rings. The second-order valence-electron chi connectivity index (χ2n) is 16.1. The molecule has 0 spiro atoms. The van der Waals surface area contributed by atoms with Crippen LogP contribution in [-0.2, 0) is 29.1 Å². The molecular weight excluding hydrogens is 743 g/mol. The zero-order valence-electron chi connectivity index (χ0n) is 31.7. The van der Waals surface area contributed by atoms with Gasteiger partial charge in [-0.2, -0.15) is 5.10 Å². The molecule has 3 aliphatic heterocycles. The fraction of sp³-hybridized carbons (Fsp3) is 0.513. The van der Waals surface area contributed by atoms with Crippen LogP contribution in [0.25, 0.3) is 22.0 Å². The van der Waals surface area contributed by atoms with Crippen molar-refractivity contribution in [3.63, 3.8) is 0 Å². The van der Waals surface area contributed by atoms with Crippen molar-refractivity contribution in [2.45, 2.75) is 94.6 Å². The molecule has 3 aromatic rings. The number of aromatic nitrogens is 3. The molecule has 8 rings (SSSR count). The second-order valence-corrected chi connectivity index (χ2v) is 18.1. The lowest BCUT2D eigenvalue weighted by Crippen LogP contribution is -2.60. The minimum atomic E-state index is -3.94. The first-order chi connectivity index (χ1) is 26.6. The molecule has 4 amide bonds. The van der Waals surface area contributed by atoms with Gasteiger partial charge in [0.2, 0.25) is 21.8 Å². The van der Waals surface area contributed by atoms with Crippen molar-refractivity contribution >= 4 is 44.7 Å². The number of hydrogen-bond donors (Lipinski definition) is 3. The molecular formula is C39H47N7O9S. The third kappa shape index (κ3) is 7.73. The number of alkyl carbamates (subject to hydrolysis) is 1. The van der Waals surface area contributed by atoms with Crippen LogP contribution in [0.15, 0.2) is 60.2 Å². The minimum Gasteiger partial charge on any atom is -0.491 e. The predicted molar refractivity (Wildman–Crippen MR) is 205 cm³/mol. The average Bonchev–Trinajstić information content (AvgIpc) is 4.08. The zero-order valence-corrected chi connectivity index (χ0v) is 32.5. The maximum absolute atomic E-state index is 14.6. The molecule has 5 heterocycles. The van der Waals surface area contributed by atoms with E-state index in [9.17, 15) is 32.4 Å². The zero-order chi connectivity index (χ0) is 40.0. The van der Waals surface area contributed by atoms with Gasteiger partial charge in [-0.15, -0.1) is 6.58 Å². The molecule has 1 saturated heterocycles. The van der Waals surface area contributed by atoms with Crippen molar-refractivity contribution in [2.24, 2.45) is 11.3 Å². The van der Waals surface area contributed by atoms with Crippen LogP contribution in [0.2, 0.25) is 0 Å². The van der Waals surface area contributed by atoms with Crippen molar-refractivity contribution in [1.82, 2.24) is 35.0 Å². The van der Waals surface area contributed by atoms with Gasteiger partial charge in [0.05, 0.1) is 41.8 Å². The van der Waals surface area contributed by atoms with E-state index in [1.54, 1.807) is 39.1 Å². The molecule has 3 fully saturated rings. The number of pyridine rings is 1. The highest BCUT2D eigenvalue weighted by molar-refractivity contribution is 7.91. The Labute approximate surface area is 324 Å². The van der Waals surface area contributed by atoms with E-state index in [0.717, 1.165) is 5.39 Å². The Morgan fingerprint density at radius 1 is 1.07 bits per heavy atom. The van der Waals surface area contributed by atoms with Gasteiger partial charge in [-0.25, -0.2) is 17.9 Å². The number of ether oxygens (including phenoxy) is 2. The van der Waals surface area contributed by atoms with Gasteiger partial charge < -0.3 is 25.0 Å². The first-order valence-corrected chi connectivity index (χ1v) is 20.5. The number of sulfonamides is 1. The first kappa shape index (κ1) is 38.9. The van der Waals surface area contributed by atoms with Crippen LogP contribution in [-0.4, -0.2) is 94.5 Å². The summed E-state index contributed by atoms with van der Waals surface area (Å²) in [5, 5.41) is 10.2. The molecule has 1 aromatic carbocycles. The number of hydrogen-bond acceptors (Lipinski definition) is 11. The highest BCUT2D eigenvalue weighted by atomic mass is 32.2. The standard InChI is InChI=1S/C39H47N7O9S/c1-5-25-20-39(25,36(50)44-56(52,53)27-13-14-27)43-33(47)29-19-26-22-45(29)35(49)32(38(2,3)4)42-37(51)55-17-8-6-7-16-54-30-21-41-46(26)34(48)31(30)24-12-11-23-10-9-15-40-28(23)18-24/h5,9-12,15,18,21,25-27,29,32H,1,6-8,13-14,16-17,19-20,22H2,2-4H3,(H,42,51)(H,43,47)(H,44,50)/t25?,26-,29+,32-,39?/m1/s1. The molecule has 2 unspecified atom stereocenters. The molecule has 17 heteroatoms. The fourth-order valence-corrected chi connectivity index (χ4v) is 8.88. The van der Waals surface area contributed by atoms with E-state index in [2.05, 4.69) is 32.0 Å². The van der Waals surface area contributed by atoms with Crippen LogP contribution in [0.1, 0.15) is 71.8 Å². The van der Waals surface area contributed by atoms with E-state index < -0.39 is 79.6 Å². The summed E-state index contributed by atoms with van der Waals surface area (Å²) < 4.78 is 40.5. The summed E-state index contributed by atoms with van der Waals surface area (Å²) in [6.45, 7) is 9.25. The van der Waals surface area contributed by atoms with E-state index in [1.165, 1.54) is 21.9 Å². The maximum Gasteiger partial charge on any atom is 0.407 e. The van der Waals surface area contributed by atoms with Crippen molar-refractivity contribution in [3.05, 3.63) is 65.7 Å². The number of amides is 4. The van der Waals surface area contributed by atoms with Crippen molar-refractivity contribution in [2.75, 3.05) is 19.8 Å². The monoisotopic (exact) mass is 789 g/mol. The lowest BCUT2D eigenvalue weighted by molar-refractivity contribution is -0.142.